The van der Waals surface area contributed by atoms with Gasteiger partial charge in [0.2, 0.25) is 0 Å². The number of ether oxygens (including phenoxy) is 3. The van der Waals surface area contributed by atoms with Gasteiger partial charge in [0.1, 0.15) is 11.9 Å². The number of methoxy groups -OCH3 is 2. The van der Waals surface area contributed by atoms with Crippen LogP contribution in [0.25, 0.3) is 6.08 Å². The lowest BCUT2D eigenvalue weighted by molar-refractivity contribution is -0.118. The van der Waals surface area contributed by atoms with Gasteiger partial charge in [0, 0.05) is 6.08 Å². The predicted octanol–water partition coefficient (Wildman–Crippen LogP) is 3.74. The zero-order valence-electron chi connectivity index (χ0n) is 15.0. The molecule has 3 rings (SSSR count). The fraction of sp³-hybridized carbons (Fsp3) is 0.190. The van der Waals surface area contributed by atoms with Crippen molar-refractivity contribution < 1.29 is 29.2 Å². The van der Waals surface area contributed by atoms with Gasteiger partial charge >= 0.3 is 0 Å². The van der Waals surface area contributed by atoms with Gasteiger partial charge in [-0.2, -0.15) is 0 Å². The summed E-state index contributed by atoms with van der Waals surface area (Å²) < 4.78 is 16.1. The maximum atomic E-state index is 12.1. The van der Waals surface area contributed by atoms with Crippen molar-refractivity contribution in [1.29, 1.82) is 0 Å². The van der Waals surface area contributed by atoms with E-state index in [4.69, 9.17) is 14.2 Å². The molecule has 1 atom stereocenters. The van der Waals surface area contributed by atoms with Crippen molar-refractivity contribution in [3.8, 4) is 23.0 Å². The molecule has 2 aromatic carbocycles. The standard InChI is InChI=1S/C21H20O6/c1-25-20-9-13(4-7-17(20)23)3-6-16-11-15(22)12-19(27-16)14-5-8-18(24)21(10-14)26-2/h3-11,19,23-24H,12H2,1-2H3/b6-3+/t19-/m0/s1. The molecule has 0 aliphatic carbocycles. The van der Waals surface area contributed by atoms with Crippen LogP contribution in [0.1, 0.15) is 23.7 Å². The normalized spacial score (nSPS) is 16.7. The van der Waals surface area contributed by atoms with Crippen molar-refractivity contribution in [2.24, 2.45) is 0 Å². The van der Waals surface area contributed by atoms with Gasteiger partial charge in [-0.25, -0.2) is 0 Å². The van der Waals surface area contributed by atoms with E-state index in [-0.39, 0.29) is 23.7 Å². The number of ketones is 1. The molecule has 0 fully saturated rings. The lowest BCUT2D eigenvalue weighted by atomic mass is 10.0. The molecule has 6 heteroatoms. The van der Waals surface area contributed by atoms with E-state index in [0.717, 1.165) is 11.1 Å². The number of phenolic OH excluding ortho intramolecular Hbond substituents is 2. The molecular weight excluding hydrogens is 348 g/mol. The van der Waals surface area contributed by atoms with Gasteiger partial charge in [0.05, 0.1) is 20.6 Å². The highest BCUT2D eigenvalue weighted by Crippen LogP contribution is 2.35. The molecule has 0 bridgehead atoms. The Kier molecular flexibility index (Phi) is 5.35. The topological polar surface area (TPSA) is 85.2 Å². The van der Waals surface area contributed by atoms with E-state index in [1.165, 1.54) is 32.4 Å². The SMILES string of the molecule is COc1cc(/C=C/C2=CC(=O)C[C@@H](c3ccc(O)c(OC)c3)O2)ccc1O. The summed E-state index contributed by atoms with van der Waals surface area (Å²) in [5, 5.41) is 19.4. The van der Waals surface area contributed by atoms with E-state index in [1.807, 2.05) is 0 Å². The van der Waals surface area contributed by atoms with Crippen LogP contribution in [-0.2, 0) is 9.53 Å². The molecule has 0 saturated carbocycles. The smallest absolute Gasteiger partial charge is 0.163 e. The Morgan fingerprint density at radius 2 is 1.67 bits per heavy atom. The number of phenols is 2. The first-order valence-electron chi connectivity index (χ1n) is 8.33. The van der Waals surface area contributed by atoms with Crippen molar-refractivity contribution in [1.82, 2.24) is 0 Å². The third kappa shape index (κ3) is 4.23. The maximum absolute atomic E-state index is 12.1. The molecule has 27 heavy (non-hydrogen) atoms. The first kappa shape index (κ1) is 18.4. The van der Waals surface area contributed by atoms with E-state index in [2.05, 4.69) is 0 Å². The van der Waals surface area contributed by atoms with E-state index in [0.29, 0.717) is 17.3 Å². The van der Waals surface area contributed by atoms with E-state index in [9.17, 15) is 15.0 Å². The molecule has 2 N–H and O–H groups in total. The summed E-state index contributed by atoms with van der Waals surface area (Å²) in [6.45, 7) is 0. The van der Waals surface area contributed by atoms with Gasteiger partial charge in [-0.15, -0.1) is 0 Å². The molecule has 140 valence electrons. The molecule has 2 aromatic rings. The van der Waals surface area contributed by atoms with Crippen LogP contribution < -0.4 is 9.47 Å². The van der Waals surface area contributed by atoms with Crippen LogP contribution in [-0.4, -0.2) is 30.2 Å². The van der Waals surface area contributed by atoms with Crippen LogP contribution in [0.4, 0.5) is 0 Å². The molecule has 0 amide bonds. The van der Waals surface area contributed by atoms with Crippen LogP contribution >= 0.6 is 0 Å². The summed E-state index contributed by atoms with van der Waals surface area (Å²) in [6.07, 6.45) is 4.64. The highest BCUT2D eigenvalue weighted by molar-refractivity contribution is 5.92. The minimum Gasteiger partial charge on any atom is -0.504 e. The third-order valence-corrected chi connectivity index (χ3v) is 4.19. The fourth-order valence-corrected chi connectivity index (χ4v) is 2.78. The van der Waals surface area contributed by atoms with Crippen molar-refractivity contribution >= 4 is 11.9 Å². The van der Waals surface area contributed by atoms with Crippen LogP contribution in [0.3, 0.4) is 0 Å². The van der Waals surface area contributed by atoms with Crippen LogP contribution in [0, 0.1) is 0 Å². The lowest BCUT2D eigenvalue weighted by Gasteiger charge is -2.23. The van der Waals surface area contributed by atoms with Gasteiger partial charge < -0.3 is 24.4 Å². The zero-order chi connectivity index (χ0) is 19.4. The molecule has 0 saturated heterocycles. The summed E-state index contributed by atoms with van der Waals surface area (Å²) in [7, 11) is 2.94. The minimum atomic E-state index is -0.467. The van der Waals surface area contributed by atoms with E-state index in [1.54, 1.807) is 36.4 Å². The minimum absolute atomic E-state index is 0.0281. The largest absolute Gasteiger partial charge is 0.504 e. The Morgan fingerprint density at radius 3 is 2.37 bits per heavy atom. The number of benzene rings is 2. The number of hydrogen-bond acceptors (Lipinski definition) is 6. The van der Waals surface area contributed by atoms with Crippen molar-refractivity contribution in [3.63, 3.8) is 0 Å². The summed E-state index contributed by atoms with van der Waals surface area (Å²) >= 11 is 0. The van der Waals surface area contributed by atoms with Gasteiger partial charge in [-0.3, -0.25) is 4.79 Å². The molecular formula is C21H20O6. The Morgan fingerprint density at radius 1 is 1.00 bits per heavy atom. The quantitative estimate of drug-likeness (QED) is 0.836. The number of rotatable bonds is 5. The van der Waals surface area contributed by atoms with Crippen LogP contribution in [0.5, 0.6) is 23.0 Å². The average Bonchev–Trinajstić information content (AvgIpc) is 2.67. The first-order valence-corrected chi connectivity index (χ1v) is 8.33. The Hall–Kier alpha value is -3.41. The number of allylic oxidation sites excluding steroid dienone is 2. The zero-order valence-corrected chi connectivity index (χ0v) is 15.0. The van der Waals surface area contributed by atoms with Crippen molar-refractivity contribution in [2.75, 3.05) is 14.2 Å². The van der Waals surface area contributed by atoms with E-state index >= 15 is 0 Å². The van der Waals surface area contributed by atoms with Crippen LogP contribution in [0.2, 0.25) is 0 Å². The number of carbonyl (C=O) groups is 1. The summed E-state index contributed by atoms with van der Waals surface area (Å²) in [4.78, 5) is 12.1. The fourth-order valence-electron chi connectivity index (χ4n) is 2.78. The second-order valence-corrected chi connectivity index (χ2v) is 6.02. The highest BCUT2D eigenvalue weighted by atomic mass is 16.5. The first-order chi connectivity index (χ1) is 13.0. The van der Waals surface area contributed by atoms with Gasteiger partial charge in [-0.1, -0.05) is 18.2 Å². The third-order valence-electron chi connectivity index (χ3n) is 4.19. The van der Waals surface area contributed by atoms with Gasteiger partial charge in [0.25, 0.3) is 0 Å². The van der Waals surface area contributed by atoms with Crippen molar-refractivity contribution in [3.05, 3.63) is 65.4 Å². The monoisotopic (exact) mass is 368 g/mol. The van der Waals surface area contributed by atoms with Crippen LogP contribution in [0.15, 0.2) is 54.3 Å². The molecule has 0 aromatic heterocycles. The van der Waals surface area contributed by atoms with E-state index < -0.39 is 6.10 Å². The summed E-state index contributed by atoms with van der Waals surface area (Å²) in [5.74, 6) is 1.14. The maximum Gasteiger partial charge on any atom is 0.163 e. The van der Waals surface area contributed by atoms with Crippen molar-refractivity contribution in [2.45, 2.75) is 12.5 Å². The Balaban J connectivity index is 1.80. The molecule has 0 radical (unpaired) electrons. The highest BCUT2D eigenvalue weighted by Gasteiger charge is 2.23. The molecule has 1 aliphatic heterocycles. The second kappa shape index (κ2) is 7.86. The number of carbonyl (C=O) groups excluding carboxylic acids is 1. The Bertz CT molecular complexity index is 913. The number of aromatic hydroxyl groups is 2. The Labute approximate surface area is 156 Å². The molecule has 0 spiro atoms. The molecule has 1 heterocycles. The van der Waals surface area contributed by atoms with Gasteiger partial charge in [-0.05, 0) is 41.5 Å². The number of hydrogen-bond donors (Lipinski definition) is 2. The average molecular weight is 368 g/mol. The second-order valence-electron chi connectivity index (χ2n) is 6.02. The summed E-state index contributed by atoms with van der Waals surface area (Å²) in [5.41, 5.74) is 1.53. The van der Waals surface area contributed by atoms with Gasteiger partial charge in [0.15, 0.2) is 28.8 Å². The lowest BCUT2D eigenvalue weighted by Crippen LogP contribution is -2.14. The summed E-state index contributed by atoms with van der Waals surface area (Å²) in [6, 6.07) is 9.81. The molecule has 6 nitrogen and oxygen atoms in total. The molecule has 0 unspecified atom stereocenters. The molecule has 1 aliphatic rings. The predicted molar refractivity (Wildman–Crippen MR) is 99.9 cm³/mol.